The number of likely N-dealkylation sites (tertiary alicyclic amines) is 1. The lowest BCUT2D eigenvalue weighted by atomic mass is 10.1. The van der Waals surface area contributed by atoms with Gasteiger partial charge >= 0.3 is 0 Å². The predicted octanol–water partition coefficient (Wildman–Crippen LogP) is 4.56. The Bertz CT molecular complexity index is 1760. The molecule has 3 N–H and O–H groups in total. The second kappa shape index (κ2) is 11.4. The van der Waals surface area contributed by atoms with E-state index in [9.17, 15) is 4.79 Å². The van der Waals surface area contributed by atoms with Crippen LogP contribution in [0.2, 0.25) is 5.15 Å². The number of carbonyl (C=O) groups is 1. The second-order valence-electron chi connectivity index (χ2n) is 10.5. The number of aryl methyl sites for hydroxylation is 3. The van der Waals surface area contributed by atoms with Gasteiger partial charge in [0.25, 0.3) is 0 Å². The van der Waals surface area contributed by atoms with Gasteiger partial charge in [0.2, 0.25) is 17.7 Å². The third-order valence-corrected chi connectivity index (χ3v) is 7.80. The summed E-state index contributed by atoms with van der Waals surface area (Å²) in [5.41, 5.74) is 5.90. The molecule has 1 fully saturated rings. The van der Waals surface area contributed by atoms with Crippen LogP contribution in [0.15, 0.2) is 43.0 Å². The van der Waals surface area contributed by atoms with Crippen LogP contribution in [-0.4, -0.2) is 71.2 Å². The fourth-order valence-electron chi connectivity index (χ4n) is 5.09. The Morgan fingerprint density at radius 2 is 2.07 bits per heavy atom. The zero-order valence-electron chi connectivity index (χ0n) is 23.8. The van der Waals surface area contributed by atoms with Crippen molar-refractivity contribution < 1.29 is 9.53 Å². The van der Waals surface area contributed by atoms with Gasteiger partial charge in [-0.1, -0.05) is 23.7 Å². The molecule has 216 valence electrons. The Morgan fingerprint density at radius 1 is 1.21 bits per heavy atom. The smallest absolute Gasteiger partial charge is 0.238 e. The first-order valence-corrected chi connectivity index (χ1v) is 14.0. The summed E-state index contributed by atoms with van der Waals surface area (Å²) in [5.74, 6) is 1.52. The molecule has 5 aromatic rings. The number of nitrogens with zero attached hydrogens (tertiary/aromatic N) is 7. The first-order chi connectivity index (χ1) is 20.2. The number of benzene rings is 1. The minimum absolute atomic E-state index is 0.0750. The number of H-pyrrole nitrogens is 1. The van der Waals surface area contributed by atoms with Gasteiger partial charge in [-0.25, -0.2) is 19.9 Å². The molecule has 1 amide bonds. The van der Waals surface area contributed by atoms with Gasteiger partial charge in [-0.3, -0.25) is 14.4 Å². The first kappa shape index (κ1) is 27.6. The number of aromatic nitrogens is 7. The highest BCUT2D eigenvalue weighted by molar-refractivity contribution is 6.30. The van der Waals surface area contributed by atoms with Gasteiger partial charge in [0.05, 0.1) is 23.4 Å². The van der Waals surface area contributed by atoms with Gasteiger partial charge in [-0.05, 0) is 38.8 Å². The number of carbonyl (C=O) groups excluding carboxylic acids is 1. The van der Waals surface area contributed by atoms with E-state index in [1.165, 1.54) is 6.33 Å². The molecule has 0 aliphatic carbocycles. The van der Waals surface area contributed by atoms with Crippen LogP contribution < -0.4 is 15.4 Å². The monoisotopic (exact) mass is 586 g/mol. The lowest BCUT2D eigenvalue weighted by Crippen LogP contribution is -2.33. The van der Waals surface area contributed by atoms with Crippen LogP contribution in [0.4, 0.5) is 17.5 Å². The van der Waals surface area contributed by atoms with E-state index in [4.69, 9.17) is 21.3 Å². The normalized spacial score (nSPS) is 15.3. The average Bonchev–Trinajstić information content (AvgIpc) is 3.67. The van der Waals surface area contributed by atoms with Crippen molar-refractivity contribution in [3.8, 4) is 17.1 Å². The molecule has 12 nitrogen and oxygen atoms in total. The molecule has 6 rings (SSSR count). The largest absolute Gasteiger partial charge is 0.473 e. The standard InChI is InChI=1S/C29H31ClN10O2/c1-16-11-32-29(36-23-10-17(2)39(4)38-23)37-25(16)21-12-31-26-20(21)6-5-7-22(26)35-24(41)14-40-9-8-19(13-40)42-28-18(3)27(30)33-15-34-28/h5-7,10-12,15,19,31H,8-9,13-14H2,1-4H3,(H,35,41)(H,32,36,37,38). The molecule has 0 spiro atoms. The Labute approximate surface area is 247 Å². The molecular formula is C29H31ClN10O2. The number of ether oxygens (including phenoxy) is 1. The second-order valence-corrected chi connectivity index (χ2v) is 10.8. The Hall–Kier alpha value is -4.55. The fourth-order valence-corrected chi connectivity index (χ4v) is 5.21. The van der Waals surface area contributed by atoms with Crippen LogP contribution >= 0.6 is 11.6 Å². The molecule has 1 atom stereocenters. The molecule has 0 saturated carbocycles. The Balaban J connectivity index is 1.14. The van der Waals surface area contributed by atoms with E-state index in [1.54, 1.807) is 10.9 Å². The SMILES string of the molecule is Cc1cnc(Nc2cc(C)n(C)n2)nc1-c1c[nH]c2c(NC(=O)CN3CCC(Oc4ncnc(Cl)c4C)C3)cccc12. The summed E-state index contributed by atoms with van der Waals surface area (Å²) in [4.78, 5) is 35.9. The van der Waals surface area contributed by atoms with Gasteiger partial charge in [0.1, 0.15) is 17.6 Å². The minimum Gasteiger partial charge on any atom is -0.473 e. The molecule has 1 aliphatic rings. The molecule has 4 aromatic heterocycles. The van der Waals surface area contributed by atoms with Crippen LogP contribution in [0.5, 0.6) is 5.88 Å². The van der Waals surface area contributed by atoms with E-state index in [2.05, 4.69) is 40.6 Å². The summed E-state index contributed by atoms with van der Waals surface area (Å²) in [5, 5.41) is 12.0. The molecule has 13 heteroatoms. The molecule has 1 aromatic carbocycles. The first-order valence-electron chi connectivity index (χ1n) is 13.6. The van der Waals surface area contributed by atoms with Gasteiger partial charge in [-0.15, -0.1) is 0 Å². The minimum atomic E-state index is -0.101. The quantitative estimate of drug-likeness (QED) is 0.223. The van der Waals surface area contributed by atoms with E-state index in [0.717, 1.165) is 46.4 Å². The van der Waals surface area contributed by atoms with E-state index in [-0.39, 0.29) is 18.6 Å². The van der Waals surface area contributed by atoms with Crippen LogP contribution in [0.25, 0.3) is 22.2 Å². The van der Waals surface area contributed by atoms with Gasteiger partial charge < -0.3 is 20.4 Å². The van der Waals surface area contributed by atoms with Gasteiger partial charge in [-0.2, -0.15) is 5.10 Å². The molecule has 5 heterocycles. The van der Waals surface area contributed by atoms with E-state index in [0.29, 0.717) is 40.6 Å². The van der Waals surface area contributed by atoms with Crippen LogP contribution in [0.3, 0.4) is 0 Å². The molecule has 1 aliphatic heterocycles. The maximum Gasteiger partial charge on any atom is 0.238 e. The molecular weight excluding hydrogens is 556 g/mol. The summed E-state index contributed by atoms with van der Waals surface area (Å²) in [7, 11) is 1.89. The summed E-state index contributed by atoms with van der Waals surface area (Å²) < 4.78 is 7.84. The van der Waals surface area contributed by atoms with Crippen LogP contribution in [0.1, 0.15) is 23.2 Å². The summed E-state index contributed by atoms with van der Waals surface area (Å²) >= 11 is 6.09. The summed E-state index contributed by atoms with van der Waals surface area (Å²) in [6.45, 7) is 7.40. The van der Waals surface area contributed by atoms with Crippen molar-refractivity contribution in [2.45, 2.75) is 33.3 Å². The topological polar surface area (TPSA) is 139 Å². The number of anilines is 3. The lowest BCUT2D eigenvalue weighted by Gasteiger charge is -2.17. The number of nitrogens with one attached hydrogen (secondary N) is 3. The summed E-state index contributed by atoms with van der Waals surface area (Å²) in [6.07, 6.45) is 5.81. The van der Waals surface area contributed by atoms with Gasteiger partial charge in [0.15, 0.2) is 5.82 Å². The number of fused-ring (bicyclic) bond motifs is 1. The highest BCUT2D eigenvalue weighted by Gasteiger charge is 2.27. The van der Waals surface area contributed by atoms with Crippen LogP contribution in [-0.2, 0) is 11.8 Å². The number of para-hydroxylation sites is 1. The third kappa shape index (κ3) is 5.63. The zero-order chi connectivity index (χ0) is 29.4. The number of amides is 1. The maximum absolute atomic E-state index is 13.1. The number of rotatable bonds is 8. The van der Waals surface area contributed by atoms with Crippen molar-refractivity contribution in [1.82, 2.24) is 39.6 Å². The molecule has 0 radical (unpaired) electrons. The average molecular weight is 587 g/mol. The molecule has 0 bridgehead atoms. The van der Waals surface area contributed by atoms with Crippen molar-refractivity contribution in [3.05, 3.63) is 65.0 Å². The zero-order valence-corrected chi connectivity index (χ0v) is 24.5. The maximum atomic E-state index is 13.1. The van der Waals surface area contributed by atoms with E-state index in [1.807, 2.05) is 58.3 Å². The van der Waals surface area contributed by atoms with Crippen molar-refractivity contribution in [3.63, 3.8) is 0 Å². The van der Waals surface area contributed by atoms with E-state index < -0.39 is 0 Å². The number of hydrogen-bond donors (Lipinski definition) is 3. The van der Waals surface area contributed by atoms with E-state index >= 15 is 0 Å². The Kier molecular flexibility index (Phi) is 7.48. The number of hydrogen-bond acceptors (Lipinski definition) is 9. The van der Waals surface area contributed by atoms with Crippen molar-refractivity contribution in [2.75, 3.05) is 30.3 Å². The third-order valence-electron chi connectivity index (χ3n) is 7.42. The van der Waals surface area contributed by atoms with Crippen molar-refractivity contribution >= 4 is 45.9 Å². The van der Waals surface area contributed by atoms with Crippen molar-refractivity contribution in [1.29, 1.82) is 0 Å². The highest BCUT2D eigenvalue weighted by atomic mass is 35.5. The lowest BCUT2D eigenvalue weighted by molar-refractivity contribution is -0.117. The Morgan fingerprint density at radius 3 is 2.88 bits per heavy atom. The molecule has 1 saturated heterocycles. The fraction of sp³-hybridized carbons (Fsp3) is 0.310. The highest BCUT2D eigenvalue weighted by Crippen LogP contribution is 2.33. The molecule has 42 heavy (non-hydrogen) atoms. The van der Waals surface area contributed by atoms with Crippen molar-refractivity contribution in [2.24, 2.45) is 7.05 Å². The predicted molar refractivity (Wildman–Crippen MR) is 161 cm³/mol. The van der Waals surface area contributed by atoms with Gasteiger partial charge in [0, 0.05) is 60.8 Å². The summed E-state index contributed by atoms with van der Waals surface area (Å²) in [6, 6.07) is 7.77. The number of aromatic amines is 1. The van der Waals surface area contributed by atoms with Crippen LogP contribution in [0, 0.1) is 20.8 Å². The molecule has 1 unspecified atom stereocenters. The number of halogens is 1.